The molecule has 39 heavy (non-hydrogen) atoms. The number of nitrogens with zero attached hydrogens (tertiary/aromatic N) is 6. The lowest BCUT2D eigenvalue weighted by Gasteiger charge is -2.42. The normalized spacial score (nSPS) is 20.1. The van der Waals surface area contributed by atoms with Gasteiger partial charge in [0.05, 0.1) is 11.4 Å². The summed E-state index contributed by atoms with van der Waals surface area (Å²) >= 11 is 0. The summed E-state index contributed by atoms with van der Waals surface area (Å²) in [4.78, 5) is 20.9. The van der Waals surface area contributed by atoms with E-state index < -0.39 is 0 Å². The summed E-state index contributed by atoms with van der Waals surface area (Å²) in [7, 11) is 0. The van der Waals surface area contributed by atoms with Gasteiger partial charge in [0.25, 0.3) is 0 Å². The third-order valence-corrected chi connectivity index (χ3v) is 9.33. The van der Waals surface area contributed by atoms with Gasteiger partial charge < -0.3 is 19.3 Å². The van der Waals surface area contributed by atoms with Crippen molar-refractivity contribution < 1.29 is 4.79 Å². The Labute approximate surface area is 233 Å². The first-order valence-electron chi connectivity index (χ1n) is 15.1. The van der Waals surface area contributed by atoms with Gasteiger partial charge in [-0.2, -0.15) is 5.10 Å². The number of aromatic nitrogens is 3. The van der Waals surface area contributed by atoms with E-state index in [9.17, 15) is 4.79 Å². The fourth-order valence-corrected chi connectivity index (χ4v) is 7.15. The van der Waals surface area contributed by atoms with Crippen LogP contribution < -0.4 is 4.90 Å². The Balaban J connectivity index is 1.18. The van der Waals surface area contributed by atoms with E-state index in [2.05, 4.69) is 81.1 Å². The zero-order chi connectivity index (χ0) is 26.9. The van der Waals surface area contributed by atoms with E-state index >= 15 is 0 Å². The Morgan fingerprint density at radius 2 is 1.41 bits per heavy atom. The second kappa shape index (κ2) is 11.2. The summed E-state index contributed by atoms with van der Waals surface area (Å²) in [6.07, 6.45) is 8.12. The van der Waals surface area contributed by atoms with Crippen molar-refractivity contribution in [2.75, 3.05) is 44.2 Å². The Kier molecular flexibility index (Phi) is 7.52. The molecule has 0 saturated carbocycles. The molecule has 3 fully saturated rings. The molecule has 2 aromatic heterocycles. The predicted octanol–water partition coefficient (Wildman–Crippen LogP) is 5.28. The van der Waals surface area contributed by atoms with Crippen LogP contribution in [0.25, 0.3) is 11.4 Å². The van der Waals surface area contributed by atoms with Crippen LogP contribution in [0.2, 0.25) is 0 Å². The van der Waals surface area contributed by atoms with E-state index in [1.807, 2.05) is 6.07 Å². The minimum Gasteiger partial charge on any atom is -0.355 e. The standard InChI is InChI=1S/C32H44N6O/c1-24-12-13-25(2)37(24)30-26(3)33-38(29-10-6-4-7-11-29)31(30)35-20-14-27(15-21-35)32(39)36-22-16-28(17-23-36)34-18-8-5-9-19-34/h4,6-7,10-13,27-28H,5,8-9,14-23H2,1-3H3. The van der Waals surface area contributed by atoms with Crippen LogP contribution in [-0.2, 0) is 4.79 Å². The maximum absolute atomic E-state index is 13.6. The van der Waals surface area contributed by atoms with Crippen molar-refractivity contribution in [1.29, 1.82) is 0 Å². The van der Waals surface area contributed by atoms with E-state index in [0.717, 1.165) is 74.7 Å². The van der Waals surface area contributed by atoms with E-state index in [1.165, 1.54) is 43.7 Å². The Bertz CT molecular complexity index is 1250. The van der Waals surface area contributed by atoms with Gasteiger partial charge in [0.2, 0.25) is 5.91 Å². The van der Waals surface area contributed by atoms with E-state index in [0.29, 0.717) is 11.9 Å². The number of carbonyl (C=O) groups excluding carboxylic acids is 1. The van der Waals surface area contributed by atoms with E-state index in [-0.39, 0.29) is 5.92 Å². The van der Waals surface area contributed by atoms with Crippen LogP contribution in [0.3, 0.4) is 0 Å². The SMILES string of the molecule is Cc1nn(-c2ccccc2)c(N2CCC(C(=O)N3CCC(N4CCCCC4)CC3)CC2)c1-n1c(C)ccc1C. The van der Waals surface area contributed by atoms with Crippen LogP contribution in [0, 0.1) is 26.7 Å². The summed E-state index contributed by atoms with van der Waals surface area (Å²) in [5.41, 5.74) is 5.67. The number of carbonyl (C=O) groups is 1. The number of anilines is 1. The van der Waals surface area contributed by atoms with Gasteiger partial charge in [-0.15, -0.1) is 0 Å². The molecule has 5 heterocycles. The number of hydrogen-bond acceptors (Lipinski definition) is 4. The monoisotopic (exact) mass is 528 g/mol. The smallest absolute Gasteiger partial charge is 0.225 e. The van der Waals surface area contributed by atoms with Crippen molar-refractivity contribution in [2.45, 2.75) is 71.8 Å². The molecule has 3 saturated heterocycles. The number of amides is 1. The summed E-state index contributed by atoms with van der Waals surface area (Å²) in [5.74, 6) is 1.65. The van der Waals surface area contributed by atoms with Crippen molar-refractivity contribution in [1.82, 2.24) is 24.1 Å². The zero-order valence-corrected chi connectivity index (χ0v) is 24.0. The quantitative estimate of drug-likeness (QED) is 0.452. The van der Waals surface area contributed by atoms with Crippen molar-refractivity contribution in [3.8, 4) is 11.4 Å². The first kappa shape index (κ1) is 26.2. The summed E-state index contributed by atoms with van der Waals surface area (Å²) in [6, 6.07) is 15.5. The van der Waals surface area contributed by atoms with Crippen LogP contribution >= 0.6 is 0 Å². The highest BCUT2D eigenvalue weighted by atomic mass is 16.2. The highest BCUT2D eigenvalue weighted by molar-refractivity contribution is 5.79. The first-order chi connectivity index (χ1) is 19.0. The van der Waals surface area contributed by atoms with Gasteiger partial charge in [0, 0.05) is 49.5 Å². The fraction of sp³-hybridized carbons (Fsp3) is 0.562. The highest BCUT2D eigenvalue weighted by Crippen LogP contribution is 2.36. The molecule has 3 aromatic rings. The maximum atomic E-state index is 13.6. The second-order valence-electron chi connectivity index (χ2n) is 11.9. The molecule has 7 heteroatoms. The summed E-state index contributed by atoms with van der Waals surface area (Å²) in [6.45, 7) is 12.5. The molecule has 0 atom stereocenters. The van der Waals surface area contributed by atoms with Gasteiger partial charge in [0.15, 0.2) is 5.82 Å². The van der Waals surface area contributed by atoms with Crippen LogP contribution in [0.4, 0.5) is 5.82 Å². The number of rotatable bonds is 5. The molecule has 208 valence electrons. The third kappa shape index (κ3) is 5.13. The van der Waals surface area contributed by atoms with Crippen LogP contribution in [0.1, 0.15) is 62.0 Å². The lowest BCUT2D eigenvalue weighted by atomic mass is 9.93. The van der Waals surface area contributed by atoms with Crippen LogP contribution in [0.5, 0.6) is 0 Å². The lowest BCUT2D eigenvalue weighted by molar-refractivity contribution is -0.137. The summed E-state index contributed by atoms with van der Waals surface area (Å²) < 4.78 is 4.44. The molecule has 1 amide bonds. The molecule has 7 nitrogen and oxygen atoms in total. The highest BCUT2D eigenvalue weighted by Gasteiger charge is 2.34. The topological polar surface area (TPSA) is 49.5 Å². The molecule has 6 rings (SSSR count). The maximum Gasteiger partial charge on any atom is 0.225 e. The average molecular weight is 529 g/mol. The Morgan fingerprint density at radius 1 is 0.769 bits per heavy atom. The van der Waals surface area contributed by atoms with Gasteiger partial charge in [-0.25, -0.2) is 4.68 Å². The number of hydrogen-bond donors (Lipinski definition) is 0. The molecule has 3 aliphatic heterocycles. The van der Waals surface area contributed by atoms with Gasteiger partial charge in [-0.3, -0.25) is 4.79 Å². The molecule has 0 bridgehead atoms. The van der Waals surface area contributed by atoms with Gasteiger partial charge >= 0.3 is 0 Å². The molecular formula is C32H44N6O. The largest absolute Gasteiger partial charge is 0.355 e. The number of benzene rings is 1. The van der Waals surface area contributed by atoms with Crippen molar-refractivity contribution in [3.63, 3.8) is 0 Å². The minimum absolute atomic E-state index is 0.125. The van der Waals surface area contributed by atoms with Gasteiger partial charge in [-0.1, -0.05) is 24.6 Å². The first-order valence-corrected chi connectivity index (χ1v) is 15.1. The molecule has 0 aliphatic carbocycles. The number of piperidine rings is 3. The Morgan fingerprint density at radius 3 is 2.05 bits per heavy atom. The molecule has 1 aromatic carbocycles. The summed E-state index contributed by atoms with van der Waals surface area (Å²) in [5, 5.41) is 5.04. The number of para-hydroxylation sites is 1. The fourth-order valence-electron chi connectivity index (χ4n) is 7.15. The molecule has 0 unspecified atom stereocenters. The van der Waals surface area contributed by atoms with Crippen molar-refractivity contribution >= 4 is 11.7 Å². The van der Waals surface area contributed by atoms with E-state index in [4.69, 9.17) is 5.10 Å². The zero-order valence-electron chi connectivity index (χ0n) is 24.0. The molecule has 0 radical (unpaired) electrons. The van der Waals surface area contributed by atoms with Crippen LogP contribution in [0.15, 0.2) is 42.5 Å². The minimum atomic E-state index is 0.125. The van der Waals surface area contributed by atoms with Gasteiger partial charge in [-0.05, 0) is 96.7 Å². The second-order valence-corrected chi connectivity index (χ2v) is 11.9. The molecule has 0 N–H and O–H groups in total. The predicted molar refractivity (Wildman–Crippen MR) is 157 cm³/mol. The molecular weight excluding hydrogens is 484 g/mol. The number of likely N-dealkylation sites (tertiary alicyclic amines) is 2. The van der Waals surface area contributed by atoms with Gasteiger partial charge in [0.1, 0.15) is 5.69 Å². The average Bonchev–Trinajstić information content (AvgIpc) is 3.50. The van der Waals surface area contributed by atoms with Crippen molar-refractivity contribution in [2.24, 2.45) is 5.92 Å². The van der Waals surface area contributed by atoms with Crippen LogP contribution in [-0.4, -0.2) is 75.4 Å². The van der Waals surface area contributed by atoms with E-state index in [1.54, 1.807) is 0 Å². The Hall–Kier alpha value is -3.06. The van der Waals surface area contributed by atoms with Crippen molar-refractivity contribution in [3.05, 3.63) is 59.5 Å². The third-order valence-electron chi connectivity index (χ3n) is 9.33. The molecule has 0 spiro atoms. The lowest BCUT2D eigenvalue weighted by Crippen LogP contribution is -2.50. The number of aryl methyl sites for hydroxylation is 3. The molecule has 3 aliphatic rings.